The van der Waals surface area contributed by atoms with Gasteiger partial charge >= 0.3 is 19.8 Å². The zero-order valence-corrected chi connectivity index (χ0v) is 34.6. The topological polar surface area (TPSA) is 119 Å². The van der Waals surface area contributed by atoms with Crippen molar-refractivity contribution in [2.24, 2.45) is 5.92 Å². The molecule has 51 heavy (non-hydrogen) atoms. The molecule has 9 heteroatoms. The Morgan fingerprint density at radius 3 is 1.24 bits per heavy atom. The average molecular weight is 747 g/mol. The van der Waals surface area contributed by atoms with Gasteiger partial charge in [-0.15, -0.1) is 0 Å². The second-order valence-corrected chi connectivity index (χ2v) is 16.5. The lowest BCUT2D eigenvalue weighted by Gasteiger charge is -2.18. The minimum atomic E-state index is -4.75. The van der Waals surface area contributed by atoms with Crippen LogP contribution >= 0.6 is 7.82 Å². The van der Waals surface area contributed by atoms with Gasteiger partial charge in [-0.3, -0.25) is 14.1 Å². The number of esters is 2. The van der Waals surface area contributed by atoms with Crippen LogP contribution in [-0.2, 0) is 28.2 Å². The van der Waals surface area contributed by atoms with E-state index in [2.05, 4.69) is 25.3 Å². The van der Waals surface area contributed by atoms with Crippen molar-refractivity contribution in [3.63, 3.8) is 0 Å². The van der Waals surface area contributed by atoms with Gasteiger partial charge < -0.3 is 19.3 Å². The Hall–Kier alpha value is -0.950. The van der Waals surface area contributed by atoms with Crippen LogP contribution in [0.3, 0.4) is 0 Å². The molecule has 1 unspecified atom stereocenters. The Balaban J connectivity index is 3.84. The van der Waals surface area contributed by atoms with Crippen LogP contribution in [0.15, 0.2) is 0 Å². The van der Waals surface area contributed by atoms with Gasteiger partial charge in [-0.05, 0) is 18.8 Å². The Morgan fingerprint density at radius 1 is 0.510 bits per heavy atom. The number of hydrogen-bond donors (Lipinski definition) is 2. The van der Waals surface area contributed by atoms with E-state index in [1.54, 1.807) is 0 Å². The van der Waals surface area contributed by atoms with E-state index in [-0.39, 0.29) is 19.4 Å². The van der Waals surface area contributed by atoms with Crippen molar-refractivity contribution < 1.29 is 37.9 Å². The quantitative estimate of drug-likeness (QED) is 0.0361. The molecule has 0 fully saturated rings. The van der Waals surface area contributed by atoms with Crippen LogP contribution in [0.25, 0.3) is 0 Å². The molecule has 0 spiro atoms. The predicted molar refractivity (Wildman–Crippen MR) is 212 cm³/mol. The van der Waals surface area contributed by atoms with E-state index < -0.39 is 32.5 Å². The maximum atomic E-state index is 12.4. The fourth-order valence-electron chi connectivity index (χ4n) is 6.53. The Kier molecular flexibility index (Phi) is 36.7. The highest BCUT2D eigenvalue weighted by Crippen LogP contribution is 2.36. The molecule has 0 aliphatic heterocycles. The molecular formula is C42H83O8P. The maximum Gasteiger partial charge on any atom is 0.469 e. The van der Waals surface area contributed by atoms with Gasteiger partial charge in [0.1, 0.15) is 6.61 Å². The van der Waals surface area contributed by atoms with Crippen molar-refractivity contribution in [2.75, 3.05) is 13.2 Å². The monoisotopic (exact) mass is 747 g/mol. The molecule has 304 valence electrons. The molecule has 0 aliphatic carbocycles. The lowest BCUT2D eigenvalue weighted by Crippen LogP contribution is -2.29. The first-order chi connectivity index (χ1) is 24.7. The highest BCUT2D eigenvalue weighted by molar-refractivity contribution is 7.46. The van der Waals surface area contributed by atoms with Gasteiger partial charge in [0.25, 0.3) is 0 Å². The molecule has 0 rings (SSSR count). The molecule has 0 radical (unpaired) electrons. The normalized spacial score (nSPS) is 13.0. The first-order valence-corrected chi connectivity index (χ1v) is 23.3. The SMILES string of the molecule is CCCCCCCCCCCCCCCCCCCCCC(=O)OC[C@H](COP(=O)(O)O)OC(=O)CCCCCCCCCCCCC(C)CC. The van der Waals surface area contributed by atoms with Crippen molar-refractivity contribution in [1.82, 2.24) is 0 Å². The average Bonchev–Trinajstić information content (AvgIpc) is 3.10. The number of carbonyl (C=O) groups excluding carboxylic acids is 2. The number of unbranched alkanes of at least 4 members (excludes halogenated alkanes) is 27. The van der Waals surface area contributed by atoms with E-state index >= 15 is 0 Å². The highest BCUT2D eigenvalue weighted by Gasteiger charge is 2.23. The summed E-state index contributed by atoms with van der Waals surface area (Å²) >= 11 is 0. The molecule has 0 saturated heterocycles. The number of phosphoric ester groups is 1. The summed E-state index contributed by atoms with van der Waals surface area (Å²) in [6.45, 7) is 6.06. The number of carbonyl (C=O) groups is 2. The van der Waals surface area contributed by atoms with Gasteiger partial charge in [0.2, 0.25) is 0 Å². The zero-order chi connectivity index (χ0) is 37.7. The second-order valence-electron chi connectivity index (χ2n) is 15.3. The van der Waals surface area contributed by atoms with Crippen LogP contribution < -0.4 is 0 Å². The molecule has 0 bridgehead atoms. The summed E-state index contributed by atoms with van der Waals surface area (Å²) in [4.78, 5) is 42.9. The second kappa shape index (κ2) is 37.4. The number of phosphoric acid groups is 1. The van der Waals surface area contributed by atoms with Crippen LogP contribution in [0.2, 0.25) is 0 Å². The summed E-state index contributed by atoms with van der Waals surface area (Å²) in [5.41, 5.74) is 0. The van der Waals surface area contributed by atoms with Gasteiger partial charge in [0.15, 0.2) is 6.10 Å². The summed E-state index contributed by atoms with van der Waals surface area (Å²) in [7, 11) is -4.75. The summed E-state index contributed by atoms with van der Waals surface area (Å²) in [5, 5.41) is 0. The summed E-state index contributed by atoms with van der Waals surface area (Å²) in [5.74, 6) is -0.0198. The Bertz CT molecular complexity index is 817. The summed E-state index contributed by atoms with van der Waals surface area (Å²) in [6.07, 6.45) is 38.2. The van der Waals surface area contributed by atoms with Crippen molar-refractivity contribution >= 4 is 19.8 Å². The van der Waals surface area contributed by atoms with Crippen LogP contribution in [-0.4, -0.2) is 41.0 Å². The molecule has 0 aliphatic rings. The lowest BCUT2D eigenvalue weighted by molar-refractivity contribution is -0.161. The molecule has 0 saturated carbocycles. The number of rotatable bonds is 40. The smallest absolute Gasteiger partial charge is 0.462 e. The standard InChI is InChI=1S/C42H83O8P/c1-4-6-7-8-9-10-11-12-13-14-15-16-17-18-19-23-26-29-32-35-41(43)48-37-40(38-49-51(45,46)47)50-42(44)36-33-30-27-24-21-20-22-25-28-31-34-39(3)5-2/h39-40H,4-38H2,1-3H3,(H2,45,46,47)/t39?,40-/m1/s1. The van der Waals surface area contributed by atoms with Gasteiger partial charge in [-0.2, -0.15) is 0 Å². The van der Waals surface area contributed by atoms with Crippen LogP contribution in [0.1, 0.15) is 233 Å². The molecule has 0 heterocycles. The van der Waals surface area contributed by atoms with Crippen LogP contribution in [0, 0.1) is 5.92 Å². The molecule has 0 aromatic carbocycles. The molecule has 2 N–H and O–H groups in total. The Labute approximate surface area is 315 Å². The molecule has 0 aromatic rings. The molecule has 0 amide bonds. The van der Waals surface area contributed by atoms with E-state index in [1.165, 1.54) is 154 Å². The largest absolute Gasteiger partial charge is 0.469 e. The molecule has 2 atom stereocenters. The molecular weight excluding hydrogens is 663 g/mol. The fraction of sp³-hybridized carbons (Fsp3) is 0.952. The van der Waals surface area contributed by atoms with Crippen molar-refractivity contribution in [3.8, 4) is 0 Å². The van der Waals surface area contributed by atoms with Crippen LogP contribution in [0.5, 0.6) is 0 Å². The highest BCUT2D eigenvalue weighted by atomic mass is 31.2. The van der Waals surface area contributed by atoms with Gasteiger partial charge in [0.05, 0.1) is 6.61 Å². The Morgan fingerprint density at radius 2 is 0.863 bits per heavy atom. The van der Waals surface area contributed by atoms with E-state index in [1.807, 2.05) is 0 Å². The third kappa shape index (κ3) is 40.1. The van der Waals surface area contributed by atoms with Crippen molar-refractivity contribution in [3.05, 3.63) is 0 Å². The third-order valence-corrected chi connectivity index (χ3v) is 10.7. The van der Waals surface area contributed by atoms with E-state index in [9.17, 15) is 14.2 Å². The summed E-state index contributed by atoms with van der Waals surface area (Å²) in [6, 6.07) is 0. The first kappa shape index (κ1) is 50.1. The molecule has 0 aromatic heterocycles. The predicted octanol–water partition coefficient (Wildman–Crippen LogP) is 13.1. The van der Waals surface area contributed by atoms with Crippen molar-refractivity contribution in [1.29, 1.82) is 0 Å². The first-order valence-electron chi connectivity index (χ1n) is 21.7. The van der Waals surface area contributed by atoms with E-state index in [4.69, 9.17) is 19.3 Å². The zero-order valence-electron chi connectivity index (χ0n) is 33.7. The summed E-state index contributed by atoms with van der Waals surface area (Å²) < 4.78 is 26.4. The van der Waals surface area contributed by atoms with Gasteiger partial charge in [-0.1, -0.05) is 207 Å². The van der Waals surface area contributed by atoms with E-state index in [0.29, 0.717) is 6.42 Å². The van der Waals surface area contributed by atoms with E-state index in [0.717, 1.165) is 44.4 Å². The minimum absolute atomic E-state index is 0.218. The molecule has 8 nitrogen and oxygen atoms in total. The number of ether oxygens (including phenoxy) is 2. The maximum absolute atomic E-state index is 12.4. The number of hydrogen-bond acceptors (Lipinski definition) is 6. The van der Waals surface area contributed by atoms with Gasteiger partial charge in [0, 0.05) is 12.8 Å². The van der Waals surface area contributed by atoms with Crippen molar-refractivity contribution in [2.45, 2.75) is 239 Å². The van der Waals surface area contributed by atoms with Gasteiger partial charge in [-0.25, -0.2) is 4.57 Å². The lowest BCUT2D eigenvalue weighted by atomic mass is 9.99. The minimum Gasteiger partial charge on any atom is -0.462 e. The fourth-order valence-corrected chi connectivity index (χ4v) is 6.89. The third-order valence-electron chi connectivity index (χ3n) is 10.2. The van der Waals surface area contributed by atoms with Crippen LogP contribution in [0.4, 0.5) is 0 Å².